The van der Waals surface area contributed by atoms with Gasteiger partial charge in [-0.15, -0.1) is 5.10 Å². The van der Waals surface area contributed by atoms with Crippen molar-refractivity contribution < 1.29 is 4.74 Å². The van der Waals surface area contributed by atoms with Crippen LogP contribution < -0.4 is 5.73 Å². The summed E-state index contributed by atoms with van der Waals surface area (Å²) >= 11 is 0. The maximum Gasteiger partial charge on any atom is 0.184 e. The first-order chi connectivity index (χ1) is 9.20. The van der Waals surface area contributed by atoms with E-state index in [0.717, 1.165) is 35.5 Å². The molecule has 0 spiro atoms. The van der Waals surface area contributed by atoms with Gasteiger partial charge in [-0.05, 0) is 41.8 Å². The van der Waals surface area contributed by atoms with Crippen LogP contribution in [0.1, 0.15) is 24.4 Å². The standard InChI is InChI=1S/C13H17N5O/c1-8-4-3-5-11(12(8)14)13-15-16-17-18(13)9-6-10(7-9)19-2/h3-5,9-10H,6-7,14H2,1-2H3. The Balaban J connectivity index is 1.94. The fraction of sp³-hybridized carbons (Fsp3) is 0.462. The maximum absolute atomic E-state index is 6.12. The fourth-order valence-corrected chi connectivity index (χ4v) is 2.42. The Hall–Kier alpha value is -1.95. The topological polar surface area (TPSA) is 78.8 Å². The normalized spacial score (nSPS) is 22.2. The highest BCUT2D eigenvalue weighted by Gasteiger charge is 2.33. The van der Waals surface area contributed by atoms with Crippen molar-refractivity contribution in [3.05, 3.63) is 23.8 Å². The lowest BCUT2D eigenvalue weighted by Crippen LogP contribution is -2.33. The minimum Gasteiger partial charge on any atom is -0.398 e. The van der Waals surface area contributed by atoms with Crippen molar-refractivity contribution >= 4 is 5.69 Å². The number of rotatable bonds is 3. The number of ether oxygens (including phenoxy) is 1. The van der Waals surface area contributed by atoms with Gasteiger partial charge in [-0.2, -0.15) is 0 Å². The van der Waals surface area contributed by atoms with Crippen LogP contribution in [0.5, 0.6) is 0 Å². The van der Waals surface area contributed by atoms with E-state index in [4.69, 9.17) is 10.5 Å². The molecule has 1 aromatic heterocycles. The SMILES string of the molecule is COC1CC(n2nnnc2-c2cccc(C)c2N)C1. The Bertz CT molecular complexity index is 588. The molecule has 19 heavy (non-hydrogen) atoms. The van der Waals surface area contributed by atoms with E-state index in [2.05, 4.69) is 15.5 Å². The van der Waals surface area contributed by atoms with Gasteiger partial charge in [0.05, 0.1) is 12.1 Å². The summed E-state index contributed by atoms with van der Waals surface area (Å²) in [5, 5.41) is 12.0. The zero-order valence-electron chi connectivity index (χ0n) is 11.1. The van der Waals surface area contributed by atoms with E-state index in [0.29, 0.717) is 12.1 Å². The molecule has 0 radical (unpaired) electrons. The van der Waals surface area contributed by atoms with E-state index in [9.17, 15) is 0 Å². The second kappa shape index (κ2) is 4.62. The first kappa shape index (κ1) is 12.1. The number of tetrazole rings is 1. The summed E-state index contributed by atoms with van der Waals surface area (Å²) in [6.07, 6.45) is 2.21. The van der Waals surface area contributed by atoms with Crippen LogP contribution in [-0.4, -0.2) is 33.4 Å². The molecule has 0 bridgehead atoms. The van der Waals surface area contributed by atoms with Crippen molar-refractivity contribution in [3.8, 4) is 11.4 Å². The Morgan fingerprint density at radius 3 is 2.89 bits per heavy atom. The molecule has 2 aromatic rings. The Morgan fingerprint density at radius 2 is 2.16 bits per heavy atom. The van der Waals surface area contributed by atoms with Crippen LogP contribution >= 0.6 is 0 Å². The van der Waals surface area contributed by atoms with Crippen molar-refractivity contribution in [2.45, 2.75) is 31.9 Å². The lowest BCUT2D eigenvalue weighted by atomic mass is 9.89. The summed E-state index contributed by atoms with van der Waals surface area (Å²) in [7, 11) is 1.74. The smallest absolute Gasteiger partial charge is 0.184 e. The van der Waals surface area contributed by atoms with Gasteiger partial charge in [-0.25, -0.2) is 4.68 Å². The van der Waals surface area contributed by atoms with Crippen LogP contribution in [0.25, 0.3) is 11.4 Å². The number of aryl methyl sites for hydroxylation is 1. The van der Waals surface area contributed by atoms with Gasteiger partial charge < -0.3 is 10.5 Å². The van der Waals surface area contributed by atoms with E-state index in [1.807, 2.05) is 29.8 Å². The highest BCUT2D eigenvalue weighted by Crippen LogP contribution is 2.37. The van der Waals surface area contributed by atoms with Crippen molar-refractivity contribution in [2.75, 3.05) is 12.8 Å². The Labute approximate surface area is 111 Å². The molecule has 100 valence electrons. The third kappa shape index (κ3) is 1.98. The fourth-order valence-electron chi connectivity index (χ4n) is 2.42. The summed E-state index contributed by atoms with van der Waals surface area (Å²) in [6.45, 7) is 1.98. The third-order valence-corrected chi connectivity index (χ3v) is 3.81. The lowest BCUT2D eigenvalue weighted by Gasteiger charge is -2.34. The Morgan fingerprint density at radius 1 is 1.37 bits per heavy atom. The third-order valence-electron chi connectivity index (χ3n) is 3.81. The number of aromatic nitrogens is 4. The number of para-hydroxylation sites is 1. The maximum atomic E-state index is 6.12. The molecule has 1 saturated carbocycles. The zero-order valence-corrected chi connectivity index (χ0v) is 11.1. The molecule has 1 heterocycles. The number of nitrogens with zero attached hydrogens (tertiary/aromatic N) is 4. The lowest BCUT2D eigenvalue weighted by molar-refractivity contribution is 0.00248. The van der Waals surface area contributed by atoms with E-state index in [-0.39, 0.29) is 0 Å². The van der Waals surface area contributed by atoms with Gasteiger partial charge in [0, 0.05) is 18.4 Å². The molecule has 1 aromatic carbocycles. The molecule has 1 aliphatic rings. The second-order valence-electron chi connectivity index (χ2n) is 4.97. The molecule has 1 fully saturated rings. The molecule has 0 unspecified atom stereocenters. The van der Waals surface area contributed by atoms with Crippen LogP contribution in [0, 0.1) is 6.92 Å². The van der Waals surface area contributed by atoms with Crippen molar-refractivity contribution in [1.82, 2.24) is 20.2 Å². The van der Waals surface area contributed by atoms with Crippen molar-refractivity contribution in [3.63, 3.8) is 0 Å². The molecule has 1 aliphatic carbocycles. The number of hydrogen-bond donors (Lipinski definition) is 1. The molecule has 0 atom stereocenters. The number of hydrogen-bond acceptors (Lipinski definition) is 5. The minimum atomic E-state index is 0.301. The molecular formula is C13H17N5O. The quantitative estimate of drug-likeness (QED) is 0.847. The second-order valence-corrected chi connectivity index (χ2v) is 4.97. The monoisotopic (exact) mass is 259 g/mol. The highest BCUT2D eigenvalue weighted by atomic mass is 16.5. The van der Waals surface area contributed by atoms with Gasteiger partial charge in [0.1, 0.15) is 0 Å². The molecule has 6 heteroatoms. The van der Waals surface area contributed by atoms with Crippen LogP contribution in [0.2, 0.25) is 0 Å². The number of nitrogen functional groups attached to an aromatic ring is 1. The van der Waals surface area contributed by atoms with Crippen LogP contribution in [0.15, 0.2) is 18.2 Å². The van der Waals surface area contributed by atoms with Crippen molar-refractivity contribution in [2.24, 2.45) is 0 Å². The van der Waals surface area contributed by atoms with E-state index >= 15 is 0 Å². The number of methoxy groups -OCH3 is 1. The summed E-state index contributed by atoms with van der Waals surface area (Å²) < 4.78 is 7.16. The summed E-state index contributed by atoms with van der Waals surface area (Å²) in [5.74, 6) is 0.737. The molecule has 0 amide bonds. The van der Waals surface area contributed by atoms with E-state index < -0.39 is 0 Å². The molecule has 6 nitrogen and oxygen atoms in total. The number of nitrogens with two attached hydrogens (primary N) is 1. The van der Waals surface area contributed by atoms with Gasteiger partial charge in [0.25, 0.3) is 0 Å². The summed E-state index contributed by atoms with van der Waals surface area (Å²) in [6, 6.07) is 6.21. The highest BCUT2D eigenvalue weighted by molar-refractivity contribution is 5.74. The summed E-state index contributed by atoms with van der Waals surface area (Å²) in [5.41, 5.74) is 8.79. The first-order valence-corrected chi connectivity index (χ1v) is 6.37. The molecular weight excluding hydrogens is 242 g/mol. The van der Waals surface area contributed by atoms with Crippen LogP contribution in [0.4, 0.5) is 5.69 Å². The van der Waals surface area contributed by atoms with Gasteiger partial charge >= 0.3 is 0 Å². The van der Waals surface area contributed by atoms with Gasteiger partial charge in [-0.3, -0.25) is 0 Å². The molecule has 0 saturated heterocycles. The average Bonchev–Trinajstić information content (AvgIpc) is 2.80. The predicted molar refractivity (Wildman–Crippen MR) is 71.5 cm³/mol. The summed E-state index contributed by atoms with van der Waals surface area (Å²) in [4.78, 5) is 0. The molecule has 2 N–H and O–H groups in total. The van der Waals surface area contributed by atoms with Crippen LogP contribution in [0.3, 0.4) is 0 Å². The Kier molecular flexibility index (Phi) is 2.94. The van der Waals surface area contributed by atoms with Gasteiger partial charge in [0.2, 0.25) is 0 Å². The first-order valence-electron chi connectivity index (χ1n) is 6.37. The molecule has 0 aliphatic heterocycles. The zero-order chi connectivity index (χ0) is 13.4. The molecule has 3 rings (SSSR count). The largest absolute Gasteiger partial charge is 0.398 e. The number of anilines is 1. The van der Waals surface area contributed by atoms with Gasteiger partial charge in [0.15, 0.2) is 5.82 Å². The predicted octanol–water partition coefficient (Wildman–Crippen LogP) is 1.58. The average molecular weight is 259 g/mol. The van der Waals surface area contributed by atoms with E-state index in [1.54, 1.807) is 7.11 Å². The van der Waals surface area contributed by atoms with Gasteiger partial charge in [-0.1, -0.05) is 12.1 Å². The minimum absolute atomic E-state index is 0.301. The van der Waals surface area contributed by atoms with E-state index in [1.165, 1.54) is 0 Å². The number of benzene rings is 1. The van der Waals surface area contributed by atoms with Crippen LogP contribution in [-0.2, 0) is 4.74 Å². The van der Waals surface area contributed by atoms with Crippen molar-refractivity contribution in [1.29, 1.82) is 0 Å².